The first-order chi connectivity index (χ1) is 10.1. The Bertz CT molecular complexity index is 471. The summed E-state index contributed by atoms with van der Waals surface area (Å²) in [4.78, 5) is 7.19. The first-order valence-corrected chi connectivity index (χ1v) is 8.14. The molecule has 0 saturated carbocycles. The Morgan fingerprint density at radius 3 is 2.67 bits per heavy atom. The minimum Gasteiger partial charge on any atom is -0.357 e. The average Bonchev–Trinajstić information content (AvgIpc) is 3.05. The van der Waals surface area contributed by atoms with Crippen molar-refractivity contribution >= 4 is 5.96 Å². The fourth-order valence-electron chi connectivity index (χ4n) is 2.81. The number of rotatable bonds is 5. The van der Waals surface area contributed by atoms with Crippen molar-refractivity contribution in [1.82, 2.24) is 20.0 Å². The van der Waals surface area contributed by atoms with Gasteiger partial charge in [-0.05, 0) is 45.6 Å². The number of aromatic nitrogens is 2. The zero-order valence-electron chi connectivity index (χ0n) is 13.9. The van der Waals surface area contributed by atoms with Crippen LogP contribution in [-0.4, -0.2) is 46.8 Å². The van der Waals surface area contributed by atoms with Crippen molar-refractivity contribution in [3.05, 3.63) is 17.5 Å². The molecule has 1 N–H and O–H groups in total. The zero-order valence-corrected chi connectivity index (χ0v) is 13.9. The van der Waals surface area contributed by atoms with Crippen molar-refractivity contribution in [3.8, 4) is 0 Å². The number of guanidine groups is 1. The van der Waals surface area contributed by atoms with Crippen LogP contribution in [0.1, 0.15) is 38.1 Å². The molecule has 21 heavy (non-hydrogen) atoms. The molecule has 0 amide bonds. The number of aryl methyl sites for hydroxylation is 2. The predicted octanol–water partition coefficient (Wildman–Crippen LogP) is 2.20. The Kier molecular flexibility index (Phi) is 5.65. The second-order valence-electron chi connectivity index (χ2n) is 6.10. The van der Waals surface area contributed by atoms with E-state index in [1.807, 2.05) is 6.92 Å². The summed E-state index contributed by atoms with van der Waals surface area (Å²) in [5.41, 5.74) is 2.32. The fourth-order valence-corrected chi connectivity index (χ4v) is 2.81. The van der Waals surface area contributed by atoms with Crippen LogP contribution in [0, 0.1) is 19.8 Å². The third kappa shape index (κ3) is 4.48. The molecule has 5 heteroatoms. The Hall–Kier alpha value is -1.52. The molecule has 1 unspecified atom stereocenters. The molecule has 5 nitrogen and oxygen atoms in total. The minimum atomic E-state index is 0.485. The van der Waals surface area contributed by atoms with E-state index in [1.165, 1.54) is 18.5 Å². The summed E-state index contributed by atoms with van der Waals surface area (Å²) in [5, 5.41) is 7.95. The van der Waals surface area contributed by atoms with Crippen LogP contribution in [0.25, 0.3) is 0 Å². The van der Waals surface area contributed by atoms with E-state index in [9.17, 15) is 0 Å². The number of likely N-dealkylation sites (tertiary alicyclic amines) is 1. The number of nitrogens with zero attached hydrogens (tertiary/aromatic N) is 4. The maximum atomic E-state index is 4.82. The van der Waals surface area contributed by atoms with Crippen molar-refractivity contribution in [2.24, 2.45) is 10.9 Å². The molecule has 0 aromatic carbocycles. The highest BCUT2D eigenvalue weighted by Gasteiger charge is 2.16. The fraction of sp³-hybridized carbons (Fsp3) is 0.750. The van der Waals surface area contributed by atoms with E-state index in [1.54, 1.807) is 0 Å². The molecular formula is C16H29N5. The SMILES string of the molecule is CCNC(=NCC(C)Cn1nc(C)cc1C)N1CCCC1. The number of hydrogen-bond acceptors (Lipinski definition) is 2. The molecular weight excluding hydrogens is 262 g/mol. The lowest BCUT2D eigenvalue weighted by atomic mass is 10.2. The number of aliphatic imine (C=N–C) groups is 1. The van der Waals surface area contributed by atoms with Crippen LogP contribution in [0.15, 0.2) is 11.1 Å². The van der Waals surface area contributed by atoms with Gasteiger partial charge in [0.25, 0.3) is 0 Å². The monoisotopic (exact) mass is 291 g/mol. The van der Waals surface area contributed by atoms with Crippen LogP contribution in [0.4, 0.5) is 0 Å². The maximum absolute atomic E-state index is 4.82. The van der Waals surface area contributed by atoms with Crippen LogP contribution in [0.2, 0.25) is 0 Å². The molecule has 1 aliphatic heterocycles. The van der Waals surface area contributed by atoms with Gasteiger partial charge in [-0.2, -0.15) is 5.10 Å². The van der Waals surface area contributed by atoms with Crippen molar-refractivity contribution < 1.29 is 0 Å². The lowest BCUT2D eigenvalue weighted by Crippen LogP contribution is -2.40. The Labute approximate surface area is 128 Å². The molecule has 2 rings (SSSR count). The summed E-state index contributed by atoms with van der Waals surface area (Å²) in [6, 6.07) is 2.13. The molecule has 1 aromatic rings. The molecule has 0 aliphatic carbocycles. The summed E-state index contributed by atoms with van der Waals surface area (Å²) >= 11 is 0. The van der Waals surface area contributed by atoms with Gasteiger partial charge in [0.2, 0.25) is 0 Å². The lowest BCUT2D eigenvalue weighted by molar-refractivity contribution is 0.441. The van der Waals surface area contributed by atoms with E-state index >= 15 is 0 Å². The van der Waals surface area contributed by atoms with E-state index in [0.29, 0.717) is 5.92 Å². The highest BCUT2D eigenvalue weighted by Crippen LogP contribution is 2.10. The summed E-state index contributed by atoms with van der Waals surface area (Å²) < 4.78 is 2.10. The first kappa shape index (κ1) is 15.9. The van der Waals surface area contributed by atoms with E-state index in [-0.39, 0.29) is 0 Å². The molecule has 1 fully saturated rings. The van der Waals surface area contributed by atoms with Crippen molar-refractivity contribution in [3.63, 3.8) is 0 Å². The van der Waals surface area contributed by atoms with Gasteiger partial charge in [-0.25, -0.2) is 0 Å². The molecule has 0 radical (unpaired) electrons. The van der Waals surface area contributed by atoms with Crippen LogP contribution < -0.4 is 5.32 Å². The summed E-state index contributed by atoms with van der Waals surface area (Å²) in [5.74, 6) is 1.56. The van der Waals surface area contributed by atoms with Gasteiger partial charge >= 0.3 is 0 Å². The average molecular weight is 291 g/mol. The van der Waals surface area contributed by atoms with Gasteiger partial charge in [0.15, 0.2) is 5.96 Å². The topological polar surface area (TPSA) is 45.5 Å². The first-order valence-electron chi connectivity index (χ1n) is 8.14. The van der Waals surface area contributed by atoms with Crippen molar-refractivity contribution in [2.75, 3.05) is 26.2 Å². The van der Waals surface area contributed by atoms with Gasteiger partial charge in [0.05, 0.1) is 5.69 Å². The number of hydrogen-bond donors (Lipinski definition) is 1. The van der Waals surface area contributed by atoms with Crippen molar-refractivity contribution in [1.29, 1.82) is 0 Å². The molecule has 1 atom stereocenters. The van der Waals surface area contributed by atoms with Crippen LogP contribution in [0.3, 0.4) is 0 Å². The summed E-state index contributed by atoms with van der Waals surface area (Å²) in [6.07, 6.45) is 2.57. The van der Waals surface area contributed by atoms with E-state index < -0.39 is 0 Å². The second-order valence-corrected chi connectivity index (χ2v) is 6.10. The van der Waals surface area contributed by atoms with E-state index in [0.717, 1.165) is 44.4 Å². The summed E-state index contributed by atoms with van der Waals surface area (Å²) in [6.45, 7) is 13.5. The molecule has 1 aromatic heterocycles. The maximum Gasteiger partial charge on any atom is 0.193 e. The standard InChI is InChI=1S/C16H29N5/c1-5-17-16(20-8-6-7-9-20)18-11-13(2)12-21-15(4)10-14(3)19-21/h10,13H,5-9,11-12H2,1-4H3,(H,17,18). The van der Waals surface area contributed by atoms with Gasteiger partial charge in [-0.15, -0.1) is 0 Å². The highest BCUT2D eigenvalue weighted by molar-refractivity contribution is 5.80. The smallest absolute Gasteiger partial charge is 0.193 e. The quantitative estimate of drug-likeness (QED) is 0.668. The molecule has 2 heterocycles. The van der Waals surface area contributed by atoms with Gasteiger partial charge in [0.1, 0.15) is 0 Å². The van der Waals surface area contributed by atoms with Crippen LogP contribution >= 0.6 is 0 Å². The van der Waals surface area contributed by atoms with Crippen LogP contribution in [0.5, 0.6) is 0 Å². The van der Waals surface area contributed by atoms with E-state index in [4.69, 9.17) is 4.99 Å². The molecule has 1 aliphatic rings. The van der Waals surface area contributed by atoms with Gasteiger partial charge in [0, 0.05) is 38.4 Å². The van der Waals surface area contributed by atoms with Gasteiger partial charge < -0.3 is 10.2 Å². The number of nitrogens with one attached hydrogen (secondary N) is 1. The van der Waals surface area contributed by atoms with Crippen molar-refractivity contribution in [2.45, 2.75) is 47.1 Å². The molecule has 1 saturated heterocycles. The van der Waals surface area contributed by atoms with E-state index in [2.05, 4.69) is 46.8 Å². The second kappa shape index (κ2) is 7.48. The molecule has 0 bridgehead atoms. The van der Waals surface area contributed by atoms with Gasteiger partial charge in [-0.3, -0.25) is 9.67 Å². The molecule has 0 spiro atoms. The lowest BCUT2D eigenvalue weighted by Gasteiger charge is -2.21. The summed E-state index contributed by atoms with van der Waals surface area (Å²) in [7, 11) is 0. The predicted molar refractivity (Wildman–Crippen MR) is 87.7 cm³/mol. The van der Waals surface area contributed by atoms with Crippen LogP contribution in [-0.2, 0) is 6.54 Å². The minimum absolute atomic E-state index is 0.485. The Morgan fingerprint density at radius 1 is 1.38 bits per heavy atom. The normalized spacial score (nSPS) is 17.3. The zero-order chi connectivity index (χ0) is 15.2. The van der Waals surface area contributed by atoms with Gasteiger partial charge in [-0.1, -0.05) is 6.92 Å². The largest absolute Gasteiger partial charge is 0.357 e. The highest BCUT2D eigenvalue weighted by atomic mass is 15.3. The third-order valence-electron chi connectivity index (χ3n) is 3.88. The Balaban J connectivity index is 1.91. The third-order valence-corrected chi connectivity index (χ3v) is 3.88. The molecule has 118 valence electrons. The Morgan fingerprint density at radius 2 is 2.10 bits per heavy atom.